The van der Waals surface area contributed by atoms with Crippen LogP contribution in [0, 0.1) is 13.8 Å². The Bertz CT molecular complexity index is 1140. The Labute approximate surface area is 181 Å². The lowest BCUT2D eigenvalue weighted by Gasteiger charge is -2.16. The highest BCUT2D eigenvalue weighted by atomic mass is 32.2. The van der Waals surface area contributed by atoms with Gasteiger partial charge in [-0.1, -0.05) is 53.8 Å². The molecule has 6 nitrogen and oxygen atoms in total. The van der Waals surface area contributed by atoms with E-state index >= 15 is 0 Å². The molecule has 0 radical (unpaired) electrons. The summed E-state index contributed by atoms with van der Waals surface area (Å²) in [6.45, 7) is 4.63. The molecule has 2 aromatic carbocycles. The minimum atomic E-state index is -3.52. The molecule has 0 aliphatic heterocycles. The molecule has 1 N–H and O–H groups in total. The van der Waals surface area contributed by atoms with Gasteiger partial charge in [0.15, 0.2) is 5.13 Å². The number of aromatic nitrogens is 1. The fraction of sp³-hybridized carbons (Fsp3) is 0.273. The fourth-order valence-corrected chi connectivity index (χ4v) is 5.24. The normalized spacial score (nSPS) is 11.4. The van der Waals surface area contributed by atoms with E-state index in [1.54, 1.807) is 31.3 Å². The minimum absolute atomic E-state index is 0.0313. The second-order valence-electron chi connectivity index (χ2n) is 7.09. The number of benzene rings is 2. The molecule has 3 aromatic rings. The molecule has 158 valence electrons. The van der Waals surface area contributed by atoms with Crippen LogP contribution in [-0.4, -0.2) is 39.3 Å². The molecule has 0 unspecified atom stereocenters. The fourth-order valence-electron chi connectivity index (χ4n) is 3.06. The van der Waals surface area contributed by atoms with Gasteiger partial charge in [0.2, 0.25) is 15.8 Å². The number of hydrogen-bond acceptors (Lipinski definition) is 6. The zero-order valence-corrected chi connectivity index (χ0v) is 18.9. The van der Waals surface area contributed by atoms with Crippen molar-refractivity contribution in [2.24, 2.45) is 0 Å². The minimum Gasteiger partial charge on any atom is -0.351 e. The summed E-state index contributed by atoms with van der Waals surface area (Å²) >= 11 is 1.34. The van der Waals surface area contributed by atoms with Crippen molar-refractivity contribution in [2.45, 2.75) is 25.2 Å². The molecule has 30 heavy (non-hydrogen) atoms. The van der Waals surface area contributed by atoms with Crippen molar-refractivity contribution in [3.63, 3.8) is 0 Å². The number of rotatable bonds is 9. The van der Waals surface area contributed by atoms with Gasteiger partial charge in [-0.3, -0.25) is 4.79 Å². The van der Waals surface area contributed by atoms with Gasteiger partial charge in [0, 0.05) is 25.7 Å². The van der Waals surface area contributed by atoms with Crippen molar-refractivity contribution < 1.29 is 13.2 Å². The maximum atomic E-state index is 12.7. The van der Waals surface area contributed by atoms with E-state index in [1.165, 1.54) is 11.3 Å². The molecule has 0 atom stereocenters. The van der Waals surface area contributed by atoms with Gasteiger partial charge in [0.25, 0.3) is 0 Å². The number of nitrogens with zero attached hydrogens (tertiary/aromatic N) is 2. The maximum Gasteiger partial charge on any atom is 0.240 e. The Kier molecular flexibility index (Phi) is 7.02. The molecule has 0 aliphatic rings. The number of nitrogens with one attached hydrogen (secondary N) is 1. The summed E-state index contributed by atoms with van der Waals surface area (Å²) in [5, 5.41) is 0.730. The molecule has 0 amide bonds. The smallest absolute Gasteiger partial charge is 0.240 e. The van der Waals surface area contributed by atoms with Crippen LogP contribution in [0.15, 0.2) is 59.6 Å². The molecular weight excluding hydrogens is 418 g/mol. The van der Waals surface area contributed by atoms with Crippen LogP contribution in [0.2, 0.25) is 0 Å². The van der Waals surface area contributed by atoms with Gasteiger partial charge in [-0.05, 0) is 37.5 Å². The van der Waals surface area contributed by atoms with Gasteiger partial charge >= 0.3 is 0 Å². The molecule has 0 bridgehead atoms. The van der Waals surface area contributed by atoms with Crippen molar-refractivity contribution in [3.05, 3.63) is 76.3 Å². The third-order valence-corrected chi connectivity index (χ3v) is 7.51. The number of aryl methyl sites for hydroxylation is 2. The first-order valence-electron chi connectivity index (χ1n) is 9.62. The average molecular weight is 444 g/mol. The predicted octanol–water partition coefficient (Wildman–Crippen LogP) is 3.80. The van der Waals surface area contributed by atoms with E-state index in [2.05, 4.69) is 9.71 Å². The zero-order chi connectivity index (χ0) is 21.7. The first kappa shape index (κ1) is 22.1. The van der Waals surface area contributed by atoms with Gasteiger partial charge in [-0.25, -0.2) is 18.1 Å². The summed E-state index contributed by atoms with van der Waals surface area (Å²) in [6.07, 6.45) is 2.22. The molecule has 1 aromatic heterocycles. The molecule has 0 saturated heterocycles. The van der Waals surface area contributed by atoms with Crippen LogP contribution in [0.3, 0.4) is 0 Å². The van der Waals surface area contributed by atoms with Gasteiger partial charge < -0.3 is 4.90 Å². The SMILES string of the molecule is Cc1ccccc1C(=O)c1cnc(N(C)CCCNS(=O)(=O)c2ccccc2C)s1. The topological polar surface area (TPSA) is 79.4 Å². The summed E-state index contributed by atoms with van der Waals surface area (Å²) in [6, 6.07) is 14.4. The third-order valence-electron chi connectivity index (χ3n) is 4.78. The first-order chi connectivity index (χ1) is 14.3. The monoisotopic (exact) mass is 443 g/mol. The number of carbonyl (C=O) groups is 1. The molecule has 8 heteroatoms. The molecule has 3 rings (SSSR count). The quantitative estimate of drug-likeness (QED) is 0.402. The van der Waals surface area contributed by atoms with Gasteiger partial charge in [0.1, 0.15) is 0 Å². The summed E-state index contributed by atoms with van der Waals surface area (Å²) in [4.78, 5) is 19.9. The Balaban J connectivity index is 1.55. The summed E-state index contributed by atoms with van der Waals surface area (Å²) < 4.78 is 27.5. The first-order valence-corrected chi connectivity index (χ1v) is 11.9. The lowest BCUT2D eigenvalue weighted by atomic mass is 10.0. The van der Waals surface area contributed by atoms with Crippen molar-refractivity contribution >= 4 is 32.3 Å². The highest BCUT2D eigenvalue weighted by Gasteiger charge is 2.17. The lowest BCUT2D eigenvalue weighted by Crippen LogP contribution is -2.28. The number of hydrogen-bond donors (Lipinski definition) is 1. The number of sulfonamides is 1. The van der Waals surface area contributed by atoms with Crippen LogP contribution >= 0.6 is 11.3 Å². The summed E-state index contributed by atoms with van der Waals surface area (Å²) in [5.41, 5.74) is 2.34. The Morgan fingerprint density at radius 3 is 2.43 bits per heavy atom. The van der Waals surface area contributed by atoms with Crippen molar-refractivity contribution in [3.8, 4) is 0 Å². The zero-order valence-electron chi connectivity index (χ0n) is 17.3. The van der Waals surface area contributed by atoms with E-state index in [0.29, 0.717) is 34.8 Å². The van der Waals surface area contributed by atoms with E-state index in [9.17, 15) is 13.2 Å². The molecule has 1 heterocycles. The molecule has 0 spiro atoms. The molecule has 0 saturated carbocycles. The Morgan fingerprint density at radius 2 is 1.73 bits per heavy atom. The van der Waals surface area contributed by atoms with Gasteiger partial charge in [0.05, 0.1) is 16.0 Å². The van der Waals surface area contributed by atoms with E-state index in [4.69, 9.17) is 0 Å². The number of anilines is 1. The molecule has 0 fully saturated rings. The van der Waals surface area contributed by atoms with E-state index in [0.717, 1.165) is 16.3 Å². The average Bonchev–Trinajstić information content (AvgIpc) is 3.21. The molecular formula is C22H25N3O3S2. The van der Waals surface area contributed by atoms with Gasteiger partial charge in [-0.2, -0.15) is 0 Å². The van der Waals surface area contributed by atoms with Crippen LogP contribution in [0.4, 0.5) is 5.13 Å². The highest BCUT2D eigenvalue weighted by molar-refractivity contribution is 7.89. The van der Waals surface area contributed by atoms with E-state index in [-0.39, 0.29) is 5.78 Å². The number of ketones is 1. The predicted molar refractivity (Wildman–Crippen MR) is 121 cm³/mol. The second kappa shape index (κ2) is 9.51. The molecule has 0 aliphatic carbocycles. The van der Waals surface area contributed by atoms with Gasteiger partial charge in [-0.15, -0.1) is 0 Å². The van der Waals surface area contributed by atoms with Crippen LogP contribution in [0.1, 0.15) is 32.8 Å². The lowest BCUT2D eigenvalue weighted by molar-refractivity contribution is 0.104. The third kappa shape index (κ3) is 5.13. The largest absolute Gasteiger partial charge is 0.351 e. The van der Waals surface area contributed by atoms with E-state index < -0.39 is 10.0 Å². The van der Waals surface area contributed by atoms with Crippen molar-refractivity contribution in [1.29, 1.82) is 0 Å². The maximum absolute atomic E-state index is 12.7. The van der Waals surface area contributed by atoms with Crippen molar-refractivity contribution in [2.75, 3.05) is 25.0 Å². The Morgan fingerprint density at radius 1 is 1.07 bits per heavy atom. The number of carbonyl (C=O) groups excluding carboxylic acids is 1. The summed E-state index contributed by atoms with van der Waals surface area (Å²) in [7, 11) is -1.64. The standard InChI is InChI=1S/C22H25N3O3S2/c1-16-9-4-6-11-18(16)21(26)19-15-23-22(29-19)25(3)14-8-13-24-30(27,28)20-12-7-5-10-17(20)2/h4-7,9-12,15,24H,8,13-14H2,1-3H3. The highest BCUT2D eigenvalue weighted by Crippen LogP contribution is 2.25. The van der Waals surface area contributed by atoms with Crippen LogP contribution in [-0.2, 0) is 10.0 Å². The van der Waals surface area contributed by atoms with E-state index in [1.807, 2.05) is 49.2 Å². The van der Waals surface area contributed by atoms with Crippen molar-refractivity contribution in [1.82, 2.24) is 9.71 Å². The number of thiazole rings is 1. The van der Waals surface area contributed by atoms with Crippen LogP contribution < -0.4 is 9.62 Å². The second-order valence-corrected chi connectivity index (χ2v) is 9.83. The summed E-state index contributed by atoms with van der Waals surface area (Å²) in [5.74, 6) is -0.0313. The van der Waals surface area contributed by atoms with Crippen LogP contribution in [0.25, 0.3) is 0 Å². The Hall–Kier alpha value is -2.55. The van der Waals surface area contributed by atoms with Crippen LogP contribution in [0.5, 0.6) is 0 Å².